The van der Waals surface area contributed by atoms with Gasteiger partial charge in [0.1, 0.15) is 11.6 Å². The van der Waals surface area contributed by atoms with Crippen molar-refractivity contribution in [1.82, 2.24) is 10.2 Å². The summed E-state index contributed by atoms with van der Waals surface area (Å²) in [6.45, 7) is 9.98. The molecule has 0 aliphatic rings. The summed E-state index contributed by atoms with van der Waals surface area (Å²) in [6.07, 6.45) is 1.03. The van der Waals surface area contributed by atoms with E-state index < -0.39 is 17.6 Å². The fourth-order valence-electron chi connectivity index (χ4n) is 3.53. The summed E-state index contributed by atoms with van der Waals surface area (Å²) >= 11 is 1.26. The van der Waals surface area contributed by atoms with Gasteiger partial charge in [0, 0.05) is 32.2 Å². The van der Waals surface area contributed by atoms with E-state index >= 15 is 0 Å². The van der Waals surface area contributed by atoms with Gasteiger partial charge in [-0.1, -0.05) is 79.3 Å². The third kappa shape index (κ3) is 11.5. The molecule has 35 heavy (non-hydrogen) atoms. The van der Waals surface area contributed by atoms with Gasteiger partial charge in [0.25, 0.3) is 0 Å². The zero-order chi connectivity index (χ0) is 25.8. The lowest BCUT2D eigenvalue weighted by molar-refractivity contribution is -0.157. The number of nitrogens with one attached hydrogen (secondary N) is 1. The summed E-state index contributed by atoms with van der Waals surface area (Å²) < 4.78 is 5.62. The lowest BCUT2D eigenvalue weighted by Crippen LogP contribution is -2.51. The molecular weight excluding hydrogens is 460 g/mol. The Bertz CT molecular complexity index is 944. The van der Waals surface area contributed by atoms with Crippen LogP contribution in [0.25, 0.3) is 0 Å². The van der Waals surface area contributed by atoms with Crippen molar-refractivity contribution >= 4 is 28.9 Å². The molecule has 2 aromatic carbocycles. The number of thioether (sulfide) groups is 1. The van der Waals surface area contributed by atoms with E-state index in [0.29, 0.717) is 31.7 Å². The van der Waals surface area contributed by atoms with Crippen LogP contribution in [0.5, 0.6) is 0 Å². The van der Waals surface area contributed by atoms with E-state index in [1.165, 1.54) is 11.8 Å². The predicted octanol–water partition coefficient (Wildman–Crippen LogP) is 5.11. The van der Waals surface area contributed by atoms with Crippen molar-refractivity contribution in [3.05, 3.63) is 71.8 Å². The van der Waals surface area contributed by atoms with E-state index in [-0.39, 0.29) is 17.1 Å². The zero-order valence-corrected chi connectivity index (χ0v) is 22.3. The second-order valence-corrected chi connectivity index (χ2v) is 11.0. The summed E-state index contributed by atoms with van der Waals surface area (Å²) in [4.78, 5) is 39.6. The van der Waals surface area contributed by atoms with Crippen LogP contribution in [-0.4, -0.2) is 52.5 Å². The minimum Gasteiger partial charge on any atom is -0.458 e. The Morgan fingerprint density at radius 1 is 0.971 bits per heavy atom. The quantitative estimate of drug-likeness (QED) is 0.436. The van der Waals surface area contributed by atoms with Crippen LogP contribution in [0.15, 0.2) is 60.7 Å². The molecule has 0 aliphatic carbocycles. The third-order valence-electron chi connectivity index (χ3n) is 5.18. The third-order valence-corrected chi connectivity index (χ3v) is 6.32. The SMILES string of the molecule is CC(=O)SCC(C)CN(CCc1ccccc1)C(=O)NC(Cc1ccccc1)C(=O)OC(C)(C)C. The number of hydrogen-bond donors (Lipinski definition) is 1. The maximum absolute atomic E-state index is 13.4. The smallest absolute Gasteiger partial charge is 0.329 e. The Labute approximate surface area is 213 Å². The lowest BCUT2D eigenvalue weighted by Gasteiger charge is -2.29. The topological polar surface area (TPSA) is 75.7 Å². The fourth-order valence-corrected chi connectivity index (χ4v) is 4.15. The second-order valence-electron chi connectivity index (χ2n) is 9.81. The molecule has 1 N–H and O–H groups in total. The van der Waals surface area contributed by atoms with Crippen molar-refractivity contribution in [1.29, 1.82) is 0 Å². The molecule has 2 amide bonds. The second kappa shape index (κ2) is 13.9. The molecule has 0 spiro atoms. The van der Waals surface area contributed by atoms with E-state index in [9.17, 15) is 14.4 Å². The van der Waals surface area contributed by atoms with Gasteiger partial charge in [-0.05, 0) is 44.2 Å². The minimum atomic E-state index is -0.815. The Morgan fingerprint density at radius 3 is 2.09 bits per heavy atom. The largest absolute Gasteiger partial charge is 0.458 e. The van der Waals surface area contributed by atoms with Crippen LogP contribution in [0.2, 0.25) is 0 Å². The van der Waals surface area contributed by atoms with Gasteiger partial charge < -0.3 is 15.0 Å². The molecule has 190 valence electrons. The van der Waals surface area contributed by atoms with Crippen LogP contribution in [0.1, 0.15) is 45.7 Å². The van der Waals surface area contributed by atoms with Gasteiger partial charge in [-0.3, -0.25) is 4.79 Å². The maximum Gasteiger partial charge on any atom is 0.329 e. The Morgan fingerprint density at radius 2 is 1.54 bits per heavy atom. The van der Waals surface area contributed by atoms with Crippen LogP contribution >= 0.6 is 11.8 Å². The Kier molecular flexibility index (Phi) is 11.3. The first kappa shape index (κ1) is 28.4. The lowest BCUT2D eigenvalue weighted by atomic mass is 10.1. The summed E-state index contributed by atoms with van der Waals surface area (Å²) in [5.41, 5.74) is 1.40. The van der Waals surface area contributed by atoms with Crippen molar-refractivity contribution < 1.29 is 19.1 Å². The fraction of sp³-hybridized carbons (Fsp3) is 0.464. The monoisotopic (exact) mass is 498 g/mol. The number of carbonyl (C=O) groups excluding carboxylic acids is 3. The molecule has 0 bridgehead atoms. The standard InChI is InChI=1S/C28H38N2O4S/c1-21(20-35-22(2)31)19-30(17-16-23-12-8-6-9-13-23)27(33)29-25(26(32)34-28(3,4)5)18-24-14-10-7-11-15-24/h6-15,21,25H,16-20H2,1-5H3,(H,29,33). The van der Waals surface area contributed by atoms with E-state index in [1.54, 1.807) is 11.8 Å². The molecule has 0 heterocycles. The molecular formula is C28H38N2O4S. The molecule has 6 nitrogen and oxygen atoms in total. The Balaban J connectivity index is 2.17. The van der Waals surface area contributed by atoms with Crippen LogP contribution in [-0.2, 0) is 27.2 Å². The number of carbonyl (C=O) groups is 3. The van der Waals surface area contributed by atoms with Gasteiger partial charge in [0.15, 0.2) is 5.12 Å². The highest BCUT2D eigenvalue weighted by atomic mass is 32.2. The molecule has 2 unspecified atom stereocenters. The molecule has 0 aromatic heterocycles. The van der Waals surface area contributed by atoms with Crippen LogP contribution < -0.4 is 5.32 Å². The number of benzene rings is 2. The van der Waals surface area contributed by atoms with Gasteiger partial charge in [0.05, 0.1) is 0 Å². The molecule has 0 saturated carbocycles. The van der Waals surface area contributed by atoms with Gasteiger partial charge in [0.2, 0.25) is 0 Å². The maximum atomic E-state index is 13.4. The number of amides is 2. The first-order chi connectivity index (χ1) is 16.5. The van der Waals surface area contributed by atoms with Crippen LogP contribution in [0, 0.1) is 5.92 Å². The highest BCUT2D eigenvalue weighted by molar-refractivity contribution is 8.13. The first-order valence-electron chi connectivity index (χ1n) is 12.0. The van der Waals surface area contributed by atoms with Crippen molar-refractivity contribution in [2.24, 2.45) is 5.92 Å². The Hall–Kier alpha value is -2.80. The molecule has 2 aromatic rings. The number of ether oxygens (including phenoxy) is 1. The highest BCUT2D eigenvalue weighted by Crippen LogP contribution is 2.14. The van der Waals surface area contributed by atoms with Crippen LogP contribution in [0.4, 0.5) is 4.79 Å². The number of nitrogens with zero attached hydrogens (tertiary/aromatic N) is 1. The molecule has 0 aliphatic heterocycles. The number of hydrogen-bond acceptors (Lipinski definition) is 5. The predicted molar refractivity (Wildman–Crippen MR) is 142 cm³/mol. The summed E-state index contributed by atoms with van der Waals surface area (Å²) in [6, 6.07) is 18.4. The minimum absolute atomic E-state index is 0.0602. The summed E-state index contributed by atoms with van der Waals surface area (Å²) in [7, 11) is 0. The van der Waals surface area contributed by atoms with E-state index in [2.05, 4.69) is 5.32 Å². The molecule has 0 radical (unpaired) electrons. The molecule has 0 fully saturated rings. The van der Waals surface area contributed by atoms with Crippen molar-refractivity contribution in [2.75, 3.05) is 18.8 Å². The van der Waals surface area contributed by atoms with Gasteiger partial charge >= 0.3 is 12.0 Å². The number of rotatable bonds is 11. The van der Waals surface area contributed by atoms with Crippen molar-refractivity contribution in [3.8, 4) is 0 Å². The number of urea groups is 1. The van der Waals surface area contributed by atoms with Gasteiger partial charge in [-0.2, -0.15) is 0 Å². The first-order valence-corrected chi connectivity index (χ1v) is 13.0. The van der Waals surface area contributed by atoms with Crippen LogP contribution in [0.3, 0.4) is 0 Å². The molecule has 2 rings (SSSR count). The average Bonchev–Trinajstić information content (AvgIpc) is 2.80. The van der Waals surface area contributed by atoms with E-state index in [4.69, 9.17) is 4.74 Å². The summed E-state index contributed by atoms with van der Waals surface area (Å²) in [5.74, 6) is 0.279. The van der Waals surface area contributed by atoms with Crippen molar-refractivity contribution in [3.63, 3.8) is 0 Å². The number of esters is 1. The van der Waals surface area contributed by atoms with E-state index in [1.807, 2.05) is 88.4 Å². The van der Waals surface area contributed by atoms with E-state index in [0.717, 1.165) is 11.1 Å². The highest BCUT2D eigenvalue weighted by Gasteiger charge is 2.29. The van der Waals surface area contributed by atoms with Crippen molar-refractivity contribution in [2.45, 2.75) is 59.1 Å². The average molecular weight is 499 g/mol. The molecule has 7 heteroatoms. The molecule has 0 saturated heterocycles. The normalized spacial score (nSPS) is 12.9. The zero-order valence-electron chi connectivity index (χ0n) is 21.5. The summed E-state index contributed by atoms with van der Waals surface area (Å²) in [5, 5.41) is 2.99. The molecule has 2 atom stereocenters. The van der Waals surface area contributed by atoms with Gasteiger partial charge in [-0.15, -0.1) is 0 Å². The van der Waals surface area contributed by atoms with Gasteiger partial charge in [-0.25, -0.2) is 9.59 Å².